The van der Waals surface area contributed by atoms with E-state index in [0.29, 0.717) is 10.7 Å². The van der Waals surface area contributed by atoms with Crippen molar-refractivity contribution in [3.8, 4) is 5.69 Å². The molecule has 0 bridgehead atoms. The summed E-state index contributed by atoms with van der Waals surface area (Å²) < 4.78 is 41.7. The van der Waals surface area contributed by atoms with E-state index in [1.807, 2.05) is 0 Å². The number of halogens is 2. The van der Waals surface area contributed by atoms with Crippen molar-refractivity contribution < 1.29 is 17.6 Å². The monoisotopic (exact) mass is 477 g/mol. The number of benzene rings is 2. The molecular weight excluding hydrogens is 457 g/mol. The van der Waals surface area contributed by atoms with Crippen molar-refractivity contribution in [2.75, 3.05) is 38.0 Å². The maximum atomic E-state index is 13.4. The van der Waals surface area contributed by atoms with Crippen LogP contribution in [0.1, 0.15) is 0 Å². The fraction of sp³-hybridized carbons (Fsp3) is 0.238. The number of hydrogen-bond acceptors (Lipinski definition) is 5. The molecule has 1 aliphatic heterocycles. The molecule has 4 rings (SSSR count). The molecule has 0 unspecified atom stereocenters. The van der Waals surface area contributed by atoms with Gasteiger partial charge in [0.2, 0.25) is 15.9 Å². The number of carbonyl (C=O) groups is 1. The minimum Gasteiger partial charge on any atom is -0.376 e. The van der Waals surface area contributed by atoms with Crippen LogP contribution in [0.25, 0.3) is 5.69 Å². The van der Waals surface area contributed by atoms with Crippen molar-refractivity contribution >= 4 is 33.2 Å². The molecule has 1 amide bonds. The fourth-order valence-electron chi connectivity index (χ4n) is 3.46. The molecule has 0 aliphatic carbocycles. The quantitative estimate of drug-likeness (QED) is 0.589. The number of nitrogens with zero attached hydrogens (tertiary/aromatic N) is 4. The van der Waals surface area contributed by atoms with Crippen molar-refractivity contribution in [1.82, 2.24) is 19.0 Å². The van der Waals surface area contributed by atoms with Crippen molar-refractivity contribution in [1.29, 1.82) is 0 Å². The third kappa shape index (κ3) is 4.77. The topological polar surface area (TPSA) is 87.5 Å². The predicted octanol–water partition coefficient (Wildman–Crippen LogP) is 2.61. The number of rotatable bonds is 6. The Morgan fingerprint density at radius 3 is 2.53 bits per heavy atom. The SMILES string of the molecule is O=C(CNc1ccc(-n2cccn2)c(Cl)c1)N1CCN(S(=O)(=O)c2cccc(F)c2)CC1. The molecule has 1 saturated heterocycles. The van der Waals surface area contributed by atoms with Crippen molar-refractivity contribution in [2.24, 2.45) is 0 Å². The largest absolute Gasteiger partial charge is 0.376 e. The van der Waals surface area contributed by atoms with Crippen molar-refractivity contribution in [3.05, 3.63) is 71.8 Å². The first-order valence-electron chi connectivity index (χ1n) is 9.91. The van der Waals surface area contributed by atoms with E-state index in [9.17, 15) is 17.6 Å². The van der Waals surface area contributed by atoms with Gasteiger partial charge in [-0.25, -0.2) is 17.5 Å². The van der Waals surface area contributed by atoms with E-state index >= 15 is 0 Å². The zero-order chi connectivity index (χ0) is 22.7. The summed E-state index contributed by atoms with van der Waals surface area (Å²) >= 11 is 6.32. The van der Waals surface area contributed by atoms with E-state index in [-0.39, 0.29) is 43.5 Å². The summed E-state index contributed by atoms with van der Waals surface area (Å²) in [5.74, 6) is -0.760. The van der Waals surface area contributed by atoms with Gasteiger partial charge in [0.05, 0.1) is 22.2 Å². The van der Waals surface area contributed by atoms with Crippen LogP contribution >= 0.6 is 11.6 Å². The molecule has 0 radical (unpaired) electrons. The molecule has 168 valence electrons. The summed E-state index contributed by atoms with van der Waals surface area (Å²) in [5.41, 5.74) is 1.41. The average Bonchev–Trinajstić information content (AvgIpc) is 3.32. The number of piperazine rings is 1. The summed E-state index contributed by atoms with van der Waals surface area (Å²) in [6, 6.07) is 12.0. The summed E-state index contributed by atoms with van der Waals surface area (Å²) in [4.78, 5) is 14.1. The van der Waals surface area contributed by atoms with E-state index < -0.39 is 15.8 Å². The van der Waals surface area contributed by atoms with Gasteiger partial charge in [0.15, 0.2) is 0 Å². The Morgan fingerprint density at radius 1 is 1.09 bits per heavy atom. The lowest BCUT2D eigenvalue weighted by Crippen LogP contribution is -2.51. The van der Waals surface area contributed by atoms with Crippen LogP contribution in [-0.2, 0) is 14.8 Å². The molecule has 2 heterocycles. The maximum absolute atomic E-state index is 13.4. The predicted molar refractivity (Wildman–Crippen MR) is 119 cm³/mol. The van der Waals surface area contributed by atoms with E-state index in [4.69, 9.17) is 11.6 Å². The number of anilines is 1. The van der Waals surface area contributed by atoms with E-state index in [0.717, 1.165) is 11.8 Å². The highest BCUT2D eigenvalue weighted by atomic mass is 35.5. The van der Waals surface area contributed by atoms with Crippen LogP contribution < -0.4 is 5.32 Å². The molecule has 1 aliphatic rings. The molecule has 0 spiro atoms. The van der Waals surface area contributed by atoms with Crippen molar-refractivity contribution in [2.45, 2.75) is 4.90 Å². The molecular formula is C21H21ClFN5O3S. The van der Waals surface area contributed by atoms with Gasteiger partial charge in [-0.1, -0.05) is 17.7 Å². The third-order valence-corrected chi connectivity index (χ3v) is 7.37. The summed E-state index contributed by atoms with van der Waals surface area (Å²) in [6.07, 6.45) is 3.44. The van der Waals surface area contributed by atoms with Gasteiger partial charge in [-0.15, -0.1) is 0 Å². The lowest BCUT2D eigenvalue weighted by atomic mass is 10.2. The van der Waals surface area contributed by atoms with Crippen LogP contribution in [0.3, 0.4) is 0 Å². The van der Waals surface area contributed by atoms with Gasteiger partial charge in [0.25, 0.3) is 0 Å². The van der Waals surface area contributed by atoms with Crippen LogP contribution in [0.2, 0.25) is 5.02 Å². The highest BCUT2D eigenvalue weighted by Crippen LogP contribution is 2.24. The minimum absolute atomic E-state index is 0.0497. The fourth-order valence-corrected chi connectivity index (χ4v) is 5.18. The van der Waals surface area contributed by atoms with Gasteiger partial charge in [0, 0.05) is 44.3 Å². The minimum atomic E-state index is -3.80. The number of nitrogens with one attached hydrogen (secondary N) is 1. The lowest BCUT2D eigenvalue weighted by Gasteiger charge is -2.34. The molecule has 0 atom stereocenters. The Kier molecular flexibility index (Phi) is 6.45. The van der Waals surface area contributed by atoms with Crippen LogP contribution in [0.5, 0.6) is 0 Å². The first kappa shape index (κ1) is 22.3. The van der Waals surface area contributed by atoms with Gasteiger partial charge in [-0.2, -0.15) is 9.40 Å². The second-order valence-corrected chi connectivity index (χ2v) is 9.56. The normalized spacial score (nSPS) is 15.0. The second kappa shape index (κ2) is 9.27. The third-order valence-electron chi connectivity index (χ3n) is 5.17. The Hall–Kier alpha value is -2.95. The number of hydrogen-bond donors (Lipinski definition) is 1. The highest BCUT2D eigenvalue weighted by Gasteiger charge is 2.30. The van der Waals surface area contributed by atoms with Crippen LogP contribution in [0.15, 0.2) is 65.8 Å². The Bertz CT molecular complexity index is 1210. The Morgan fingerprint density at radius 2 is 1.88 bits per heavy atom. The van der Waals surface area contributed by atoms with Gasteiger partial charge in [0.1, 0.15) is 5.82 Å². The number of sulfonamides is 1. The number of aromatic nitrogens is 2. The van der Waals surface area contributed by atoms with E-state index in [1.165, 1.54) is 22.5 Å². The Balaban J connectivity index is 1.32. The molecule has 1 aromatic heterocycles. The number of amides is 1. The number of carbonyl (C=O) groups excluding carboxylic acids is 1. The zero-order valence-corrected chi connectivity index (χ0v) is 18.6. The molecule has 3 aromatic rings. The molecule has 8 nitrogen and oxygen atoms in total. The van der Waals surface area contributed by atoms with E-state index in [2.05, 4.69) is 10.4 Å². The molecule has 32 heavy (non-hydrogen) atoms. The molecule has 1 N–H and O–H groups in total. The second-order valence-electron chi connectivity index (χ2n) is 7.21. The molecule has 2 aromatic carbocycles. The van der Waals surface area contributed by atoms with Gasteiger partial charge in [-0.3, -0.25) is 4.79 Å². The average molecular weight is 478 g/mol. The summed E-state index contributed by atoms with van der Waals surface area (Å²) in [5, 5.41) is 7.68. The Labute approximate surface area is 190 Å². The summed E-state index contributed by atoms with van der Waals surface area (Å²) in [6.45, 7) is 0.861. The van der Waals surface area contributed by atoms with Crippen LogP contribution in [0, 0.1) is 5.82 Å². The highest BCUT2D eigenvalue weighted by molar-refractivity contribution is 7.89. The smallest absolute Gasteiger partial charge is 0.243 e. The van der Waals surface area contributed by atoms with Crippen LogP contribution in [0.4, 0.5) is 10.1 Å². The first-order valence-corrected chi connectivity index (χ1v) is 11.7. The molecule has 0 saturated carbocycles. The van der Waals surface area contributed by atoms with Crippen LogP contribution in [-0.4, -0.2) is 66.0 Å². The molecule has 1 fully saturated rings. The standard InChI is InChI=1S/C21H21ClFN5O3S/c22-19-14-17(5-6-20(19)28-8-2-7-25-28)24-15-21(29)26-9-11-27(12-10-26)32(30,31)18-4-1-3-16(23)13-18/h1-8,13-14,24H,9-12,15H2. The lowest BCUT2D eigenvalue weighted by molar-refractivity contribution is -0.130. The van der Waals surface area contributed by atoms with Gasteiger partial charge in [-0.05, 0) is 42.5 Å². The maximum Gasteiger partial charge on any atom is 0.243 e. The summed E-state index contributed by atoms with van der Waals surface area (Å²) in [7, 11) is -3.80. The van der Waals surface area contributed by atoms with Gasteiger partial charge < -0.3 is 10.2 Å². The van der Waals surface area contributed by atoms with E-state index in [1.54, 1.807) is 46.2 Å². The zero-order valence-electron chi connectivity index (χ0n) is 17.0. The first-order chi connectivity index (χ1) is 15.3. The molecule has 11 heteroatoms. The van der Waals surface area contributed by atoms with Crippen molar-refractivity contribution in [3.63, 3.8) is 0 Å². The van der Waals surface area contributed by atoms with Gasteiger partial charge >= 0.3 is 0 Å².